The van der Waals surface area contributed by atoms with Gasteiger partial charge in [-0.05, 0) is 0 Å². The van der Waals surface area contributed by atoms with E-state index in [0.717, 1.165) is 0 Å². The number of nitrogens with zero attached hydrogens (tertiary/aromatic N) is 3. The van der Waals surface area contributed by atoms with Gasteiger partial charge in [-0.15, -0.1) is 22.9 Å². The maximum atomic E-state index is 3.75. The predicted molar refractivity (Wildman–Crippen MR) is 25.6 cm³/mol. The second-order valence-corrected chi connectivity index (χ2v) is 1.16. The van der Waals surface area contributed by atoms with E-state index in [9.17, 15) is 0 Å². The number of rotatable bonds is 0. The van der Waals surface area contributed by atoms with Crippen LogP contribution in [0.4, 0.5) is 0 Å². The summed E-state index contributed by atoms with van der Waals surface area (Å²) in [5, 5.41) is 6.80. The summed E-state index contributed by atoms with van der Waals surface area (Å²) in [4.78, 5) is 3.56. The minimum atomic E-state index is 0.426. The van der Waals surface area contributed by atoms with E-state index in [-0.39, 0.29) is 0 Å². The molecule has 0 N–H and O–H groups in total. The van der Waals surface area contributed by atoms with Crippen molar-refractivity contribution < 1.29 is 0 Å². The van der Waals surface area contributed by atoms with Crippen molar-refractivity contribution in [2.75, 3.05) is 0 Å². The van der Waals surface area contributed by atoms with E-state index in [2.05, 4.69) is 27.8 Å². The summed E-state index contributed by atoms with van der Waals surface area (Å²) in [6.07, 6.45) is 1.35. The fraction of sp³-hybridized carbons (Fsp3) is 0. The van der Waals surface area contributed by atoms with E-state index in [0.29, 0.717) is 5.50 Å². The third-order valence-corrected chi connectivity index (χ3v) is 0.577. The normalized spacial score (nSPS) is 20.2. The topological polar surface area (TPSA) is 37.1 Å². The number of hydrogen-bond donors (Lipinski definition) is 1. The molecule has 1 aliphatic heterocycles. The van der Waals surface area contributed by atoms with Gasteiger partial charge < -0.3 is 0 Å². The minimum absolute atomic E-state index is 0.426. The molecule has 1 rings (SSSR count). The predicted octanol–water partition coefficient (Wildman–Crippen LogP) is 0.857. The van der Waals surface area contributed by atoms with Crippen LogP contribution in [0, 0.1) is 5.50 Å². The molecule has 0 unspecified atom stereocenters. The molecular formula is C2H2N3S. The van der Waals surface area contributed by atoms with Gasteiger partial charge in [0, 0.05) is 0 Å². The first-order valence-electron chi connectivity index (χ1n) is 1.39. The number of thiol groups is 1. The van der Waals surface area contributed by atoms with Crippen molar-refractivity contribution in [1.29, 1.82) is 0 Å². The SMILES string of the molecule is S[C]1N=CN=N1. The lowest BCUT2D eigenvalue weighted by molar-refractivity contribution is 1.16. The van der Waals surface area contributed by atoms with Gasteiger partial charge in [-0.2, -0.15) is 0 Å². The molecule has 0 saturated carbocycles. The molecule has 3 nitrogen and oxygen atoms in total. The van der Waals surface area contributed by atoms with Crippen LogP contribution in [0.3, 0.4) is 0 Å². The van der Waals surface area contributed by atoms with Crippen LogP contribution >= 0.6 is 12.6 Å². The molecule has 0 fully saturated rings. The van der Waals surface area contributed by atoms with Gasteiger partial charge in [-0.25, -0.2) is 4.99 Å². The second kappa shape index (κ2) is 1.38. The molecule has 31 valence electrons. The highest BCUT2D eigenvalue weighted by atomic mass is 32.1. The van der Waals surface area contributed by atoms with Crippen LogP contribution in [0.5, 0.6) is 0 Å². The lowest BCUT2D eigenvalue weighted by Gasteiger charge is -1.76. The molecular weight excluding hydrogens is 98.1 g/mol. The molecule has 0 atom stereocenters. The maximum absolute atomic E-state index is 3.75. The largest absolute Gasteiger partial charge is 0.272 e. The van der Waals surface area contributed by atoms with Crippen molar-refractivity contribution in [1.82, 2.24) is 0 Å². The van der Waals surface area contributed by atoms with Crippen molar-refractivity contribution >= 4 is 19.0 Å². The standard InChI is InChI=1S/C2H2N3S/c6-2-3-1-4-5-2/h1,6H. The molecule has 4 heteroatoms. The van der Waals surface area contributed by atoms with E-state index < -0.39 is 0 Å². The molecule has 0 aliphatic carbocycles. The first kappa shape index (κ1) is 3.80. The molecule has 6 heavy (non-hydrogen) atoms. The van der Waals surface area contributed by atoms with Gasteiger partial charge in [0.1, 0.15) is 6.34 Å². The Morgan fingerprint density at radius 1 is 1.67 bits per heavy atom. The van der Waals surface area contributed by atoms with E-state index in [1.807, 2.05) is 0 Å². The monoisotopic (exact) mass is 100.0 g/mol. The summed E-state index contributed by atoms with van der Waals surface area (Å²) >= 11 is 3.75. The molecule has 0 saturated heterocycles. The Bertz CT molecular complexity index is 85.0. The lowest BCUT2D eigenvalue weighted by Crippen LogP contribution is -1.62. The first-order valence-corrected chi connectivity index (χ1v) is 1.83. The van der Waals surface area contributed by atoms with E-state index in [4.69, 9.17) is 0 Å². The van der Waals surface area contributed by atoms with E-state index in [1.165, 1.54) is 6.34 Å². The molecule has 0 aromatic heterocycles. The summed E-state index contributed by atoms with van der Waals surface area (Å²) in [6.45, 7) is 0. The van der Waals surface area contributed by atoms with Gasteiger partial charge in [-0.1, -0.05) is 0 Å². The third-order valence-electron chi connectivity index (χ3n) is 0.372. The van der Waals surface area contributed by atoms with E-state index in [1.54, 1.807) is 0 Å². The first-order chi connectivity index (χ1) is 2.89. The van der Waals surface area contributed by atoms with Crippen LogP contribution in [-0.4, -0.2) is 6.34 Å². The fourth-order valence-electron chi connectivity index (χ4n) is 0.181. The smallest absolute Gasteiger partial charge is 0.225 e. The summed E-state index contributed by atoms with van der Waals surface area (Å²) in [7, 11) is 0. The number of hydrogen-bond acceptors (Lipinski definition) is 4. The average Bonchev–Trinajstić information content (AvgIpc) is 1.86. The molecule has 0 aromatic carbocycles. The Labute approximate surface area is 40.6 Å². The number of azo groups is 1. The van der Waals surface area contributed by atoms with Crippen molar-refractivity contribution in [2.24, 2.45) is 15.2 Å². The quantitative estimate of drug-likeness (QED) is 0.438. The molecule has 1 aliphatic rings. The highest BCUT2D eigenvalue weighted by Crippen LogP contribution is 2.11. The summed E-state index contributed by atoms with van der Waals surface area (Å²) in [5.74, 6) is 0. The Hall–Kier alpha value is -0.380. The molecule has 1 heterocycles. The van der Waals surface area contributed by atoms with Crippen LogP contribution in [0.15, 0.2) is 15.2 Å². The van der Waals surface area contributed by atoms with Gasteiger partial charge in [0.15, 0.2) is 0 Å². The van der Waals surface area contributed by atoms with Gasteiger partial charge in [-0.3, -0.25) is 0 Å². The van der Waals surface area contributed by atoms with Crippen molar-refractivity contribution in [2.45, 2.75) is 0 Å². The molecule has 0 spiro atoms. The minimum Gasteiger partial charge on any atom is -0.225 e. The molecule has 0 aromatic rings. The van der Waals surface area contributed by atoms with Crippen LogP contribution in [0.1, 0.15) is 0 Å². The molecule has 0 bridgehead atoms. The van der Waals surface area contributed by atoms with Crippen molar-refractivity contribution in [3.8, 4) is 0 Å². The highest BCUT2D eigenvalue weighted by molar-refractivity contribution is 7.83. The summed E-state index contributed by atoms with van der Waals surface area (Å²) in [5.41, 5.74) is 0.426. The van der Waals surface area contributed by atoms with Gasteiger partial charge >= 0.3 is 0 Å². The summed E-state index contributed by atoms with van der Waals surface area (Å²) < 4.78 is 0. The van der Waals surface area contributed by atoms with Gasteiger partial charge in [0.25, 0.3) is 5.50 Å². The van der Waals surface area contributed by atoms with Crippen LogP contribution in [-0.2, 0) is 0 Å². The van der Waals surface area contributed by atoms with Crippen LogP contribution < -0.4 is 0 Å². The van der Waals surface area contributed by atoms with Crippen molar-refractivity contribution in [3.05, 3.63) is 5.50 Å². The fourth-order valence-corrected chi connectivity index (χ4v) is 0.284. The maximum Gasteiger partial charge on any atom is 0.272 e. The van der Waals surface area contributed by atoms with Crippen molar-refractivity contribution in [3.63, 3.8) is 0 Å². The third kappa shape index (κ3) is 0.567. The number of aliphatic imine (C=N–C) groups is 1. The Balaban J connectivity index is 2.60. The zero-order valence-electron chi connectivity index (χ0n) is 2.87. The molecule has 0 amide bonds. The average molecular weight is 100 g/mol. The van der Waals surface area contributed by atoms with E-state index >= 15 is 0 Å². The Morgan fingerprint density at radius 3 is 2.67 bits per heavy atom. The zero-order chi connectivity index (χ0) is 4.41. The van der Waals surface area contributed by atoms with Crippen LogP contribution in [0.2, 0.25) is 0 Å². The Kier molecular flexibility index (Phi) is 0.874. The molecule has 1 radical (unpaired) electrons. The Morgan fingerprint density at radius 2 is 2.50 bits per heavy atom. The zero-order valence-corrected chi connectivity index (χ0v) is 3.76. The van der Waals surface area contributed by atoms with Gasteiger partial charge in [0.05, 0.1) is 0 Å². The van der Waals surface area contributed by atoms with Gasteiger partial charge in [0.2, 0.25) is 0 Å². The summed E-state index contributed by atoms with van der Waals surface area (Å²) in [6, 6.07) is 0. The second-order valence-electron chi connectivity index (χ2n) is 0.760. The highest BCUT2D eigenvalue weighted by Gasteiger charge is 1.97. The lowest BCUT2D eigenvalue weighted by atomic mass is 11.2. The van der Waals surface area contributed by atoms with Crippen LogP contribution in [0.25, 0.3) is 0 Å².